The molecule has 1 rings (SSSR count). The van der Waals surface area contributed by atoms with E-state index < -0.39 is 5.97 Å². The van der Waals surface area contributed by atoms with Crippen LogP contribution in [0.25, 0.3) is 0 Å². The molecule has 0 N–H and O–H groups in total. The van der Waals surface area contributed by atoms with Gasteiger partial charge in [0.05, 0.1) is 5.97 Å². The van der Waals surface area contributed by atoms with E-state index in [-0.39, 0.29) is 35.6 Å². The van der Waals surface area contributed by atoms with Gasteiger partial charge in [-0.2, -0.15) is 0 Å². The molecular formula is C23H42NNaO2. The summed E-state index contributed by atoms with van der Waals surface area (Å²) in [5, 5.41) is 11.0. The monoisotopic (exact) mass is 387 g/mol. The number of carbonyl (C=O) groups excluding carboxylic acids is 1. The van der Waals surface area contributed by atoms with Crippen LogP contribution in [0.1, 0.15) is 110 Å². The minimum absolute atomic E-state index is 0. The van der Waals surface area contributed by atoms with Crippen LogP contribution in [0.5, 0.6) is 0 Å². The fraction of sp³-hybridized carbons (Fsp3) is 0.870. The van der Waals surface area contributed by atoms with Crippen LogP contribution in [0.3, 0.4) is 0 Å². The van der Waals surface area contributed by atoms with Crippen molar-refractivity contribution in [1.29, 1.82) is 0 Å². The number of hydrogen-bond acceptors (Lipinski definition) is 3. The van der Waals surface area contributed by atoms with Gasteiger partial charge in [0.1, 0.15) is 0 Å². The number of allylic oxidation sites excluding steroid dienone is 2. The molecule has 1 saturated heterocycles. The van der Waals surface area contributed by atoms with Gasteiger partial charge in [-0.25, -0.2) is 0 Å². The van der Waals surface area contributed by atoms with E-state index in [0.717, 1.165) is 32.4 Å². The summed E-state index contributed by atoms with van der Waals surface area (Å²) in [5.74, 6) is -0.882. The molecule has 152 valence electrons. The van der Waals surface area contributed by atoms with E-state index in [1.165, 1.54) is 83.5 Å². The van der Waals surface area contributed by atoms with Crippen LogP contribution < -0.4 is 34.7 Å². The summed E-state index contributed by atoms with van der Waals surface area (Å²) in [7, 11) is 0. The zero-order valence-electron chi connectivity index (χ0n) is 18.2. The summed E-state index contributed by atoms with van der Waals surface area (Å²) < 4.78 is 0. The Bertz CT molecular complexity index is 373. The van der Waals surface area contributed by atoms with Gasteiger partial charge >= 0.3 is 29.6 Å². The van der Waals surface area contributed by atoms with Crippen molar-refractivity contribution in [3.05, 3.63) is 12.2 Å². The van der Waals surface area contributed by atoms with Gasteiger partial charge in [0, 0.05) is 6.04 Å². The maximum absolute atomic E-state index is 11.0. The number of nitrogens with zero attached hydrogens (tertiary/aromatic N) is 1. The predicted molar refractivity (Wildman–Crippen MR) is 109 cm³/mol. The fourth-order valence-electron chi connectivity index (χ4n) is 3.92. The van der Waals surface area contributed by atoms with Crippen molar-refractivity contribution in [3.8, 4) is 0 Å². The van der Waals surface area contributed by atoms with Crippen LogP contribution in [0.15, 0.2) is 12.2 Å². The Morgan fingerprint density at radius 3 is 1.96 bits per heavy atom. The van der Waals surface area contributed by atoms with Crippen LogP contribution >= 0.6 is 0 Å². The smallest absolute Gasteiger partial charge is 0.548 e. The second-order valence-electron chi connectivity index (χ2n) is 7.95. The number of rotatable bonds is 17. The quantitative estimate of drug-likeness (QED) is 0.218. The Kier molecular flexibility index (Phi) is 19.6. The van der Waals surface area contributed by atoms with E-state index in [9.17, 15) is 9.90 Å². The van der Waals surface area contributed by atoms with Crippen molar-refractivity contribution in [2.24, 2.45) is 0 Å². The first-order valence-electron chi connectivity index (χ1n) is 11.4. The fourth-order valence-corrected chi connectivity index (χ4v) is 3.92. The Hall–Kier alpha value is 0.170. The molecule has 1 aliphatic heterocycles. The van der Waals surface area contributed by atoms with E-state index in [4.69, 9.17) is 0 Å². The minimum atomic E-state index is -0.882. The molecule has 0 amide bonds. The van der Waals surface area contributed by atoms with Crippen LogP contribution in [0.4, 0.5) is 0 Å². The van der Waals surface area contributed by atoms with E-state index in [0.29, 0.717) is 0 Å². The minimum Gasteiger partial charge on any atom is -0.548 e. The number of aliphatic carboxylic acids is 1. The van der Waals surface area contributed by atoms with Crippen molar-refractivity contribution < 1.29 is 39.5 Å². The first kappa shape index (κ1) is 27.2. The van der Waals surface area contributed by atoms with Crippen LogP contribution in [0.2, 0.25) is 0 Å². The van der Waals surface area contributed by atoms with Crippen molar-refractivity contribution in [2.75, 3.05) is 13.1 Å². The summed E-state index contributed by atoms with van der Waals surface area (Å²) >= 11 is 0. The standard InChI is InChI=1S/C23H43NO2.Na/c1-2-3-4-5-6-7-8-9-10-11-12-13-14-15-16-17-20-24-21-18-19-22(24)23(25)26;/h9-10,22H,2-8,11-21H2,1H3,(H,25,26);/q;+1/p-1/b10-9-;/t22-;/m0./s1. The summed E-state index contributed by atoms with van der Waals surface area (Å²) in [6.07, 6.45) is 24.9. The number of carbonyl (C=O) groups is 1. The molecule has 0 aromatic heterocycles. The molecule has 1 heterocycles. The number of hydrogen-bond donors (Lipinski definition) is 0. The maximum atomic E-state index is 11.0. The molecule has 27 heavy (non-hydrogen) atoms. The zero-order valence-corrected chi connectivity index (χ0v) is 20.2. The topological polar surface area (TPSA) is 43.4 Å². The van der Waals surface area contributed by atoms with Crippen molar-refractivity contribution >= 4 is 5.97 Å². The molecule has 0 saturated carbocycles. The maximum Gasteiger partial charge on any atom is 1.00 e. The molecule has 0 aliphatic carbocycles. The molecule has 0 aromatic carbocycles. The Labute approximate surface area is 190 Å². The molecule has 0 aromatic rings. The van der Waals surface area contributed by atoms with Gasteiger partial charge in [0.15, 0.2) is 0 Å². The number of likely N-dealkylation sites (tertiary alicyclic amines) is 1. The molecule has 1 aliphatic rings. The summed E-state index contributed by atoms with van der Waals surface area (Å²) in [4.78, 5) is 13.1. The number of carboxylic acid groups (broad SMARTS) is 1. The van der Waals surface area contributed by atoms with Crippen LogP contribution in [-0.4, -0.2) is 30.0 Å². The normalized spacial score (nSPS) is 17.4. The SMILES string of the molecule is CCCCCCCC/C=C\CCCCCCCCN1CCC[C@H]1C(=O)[O-].[Na+]. The molecule has 0 spiro atoms. The van der Waals surface area contributed by atoms with E-state index >= 15 is 0 Å². The number of carboxylic acids is 1. The largest absolute Gasteiger partial charge is 1.00 e. The second-order valence-corrected chi connectivity index (χ2v) is 7.95. The second kappa shape index (κ2) is 19.5. The molecule has 3 nitrogen and oxygen atoms in total. The van der Waals surface area contributed by atoms with Crippen LogP contribution in [0, 0.1) is 0 Å². The molecule has 0 radical (unpaired) electrons. The van der Waals surface area contributed by atoms with Crippen molar-refractivity contribution in [2.45, 2.75) is 116 Å². The van der Waals surface area contributed by atoms with E-state index in [1.54, 1.807) is 0 Å². The number of unbranched alkanes of at least 4 members (excludes halogenated alkanes) is 12. The molecule has 1 fully saturated rings. The molecule has 4 heteroatoms. The third-order valence-corrected chi connectivity index (χ3v) is 5.59. The van der Waals surface area contributed by atoms with E-state index in [2.05, 4.69) is 24.0 Å². The van der Waals surface area contributed by atoms with Gasteiger partial charge in [-0.1, -0.05) is 76.9 Å². The Balaban J connectivity index is 0.00000676. The van der Waals surface area contributed by atoms with Crippen LogP contribution in [-0.2, 0) is 4.79 Å². The van der Waals surface area contributed by atoms with Crippen molar-refractivity contribution in [1.82, 2.24) is 4.90 Å². The van der Waals surface area contributed by atoms with Gasteiger partial charge < -0.3 is 9.90 Å². The first-order valence-corrected chi connectivity index (χ1v) is 11.4. The van der Waals surface area contributed by atoms with E-state index in [1.807, 2.05) is 0 Å². The van der Waals surface area contributed by atoms with Gasteiger partial charge in [-0.15, -0.1) is 0 Å². The third kappa shape index (κ3) is 14.8. The Morgan fingerprint density at radius 1 is 0.889 bits per heavy atom. The Morgan fingerprint density at radius 2 is 1.41 bits per heavy atom. The molecule has 0 bridgehead atoms. The van der Waals surface area contributed by atoms with Crippen molar-refractivity contribution in [3.63, 3.8) is 0 Å². The molecule has 1 atom stereocenters. The molecular weight excluding hydrogens is 345 g/mol. The van der Waals surface area contributed by atoms with Gasteiger partial charge in [0.2, 0.25) is 0 Å². The van der Waals surface area contributed by atoms with Gasteiger partial charge in [-0.3, -0.25) is 4.90 Å². The van der Waals surface area contributed by atoms with Gasteiger partial charge in [-0.05, 0) is 58.0 Å². The summed E-state index contributed by atoms with van der Waals surface area (Å²) in [6, 6.07) is -0.321. The predicted octanol–water partition coefficient (Wildman–Crippen LogP) is 2.24. The third-order valence-electron chi connectivity index (χ3n) is 5.59. The average molecular weight is 388 g/mol. The van der Waals surface area contributed by atoms with Gasteiger partial charge in [0.25, 0.3) is 0 Å². The molecule has 0 unspecified atom stereocenters. The zero-order chi connectivity index (χ0) is 18.9. The average Bonchev–Trinajstić information content (AvgIpc) is 3.10. The first-order chi connectivity index (χ1) is 12.8. The summed E-state index contributed by atoms with van der Waals surface area (Å²) in [5.41, 5.74) is 0. The summed E-state index contributed by atoms with van der Waals surface area (Å²) in [6.45, 7) is 4.13.